The van der Waals surface area contributed by atoms with Gasteiger partial charge in [-0.05, 0) is 47.0 Å². The Balaban J connectivity index is 3.60. The Morgan fingerprint density at radius 3 is 2.47 bits per heavy atom. The molecule has 0 aromatic carbocycles. The summed E-state index contributed by atoms with van der Waals surface area (Å²) in [7, 11) is 0. The molecule has 0 saturated carbocycles. The van der Waals surface area contributed by atoms with Crippen molar-refractivity contribution in [1.29, 1.82) is 0 Å². The number of rotatable bonds is 9. The summed E-state index contributed by atoms with van der Waals surface area (Å²) in [4.78, 5) is 11.5. The van der Waals surface area contributed by atoms with Gasteiger partial charge in [-0.3, -0.25) is 4.79 Å². The molecule has 3 heteroatoms. The Hall–Kier alpha value is -0.570. The minimum absolute atomic E-state index is 0.0536. The molecule has 0 fully saturated rings. The van der Waals surface area contributed by atoms with Crippen LogP contribution >= 0.6 is 0 Å². The van der Waals surface area contributed by atoms with Gasteiger partial charge in [-0.25, -0.2) is 0 Å². The first-order valence-corrected chi connectivity index (χ1v) is 6.84. The highest BCUT2D eigenvalue weighted by Crippen LogP contribution is 2.18. The average Bonchev–Trinajstić information content (AvgIpc) is 2.24. The van der Waals surface area contributed by atoms with Gasteiger partial charge in [0.1, 0.15) is 0 Å². The second kappa shape index (κ2) is 8.51. The molecule has 0 aromatic rings. The minimum atomic E-state index is -0.0536. The molecule has 1 N–H and O–H groups in total. The van der Waals surface area contributed by atoms with Gasteiger partial charge in [0.2, 0.25) is 5.91 Å². The van der Waals surface area contributed by atoms with E-state index in [1.54, 1.807) is 0 Å². The van der Waals surface area contributed by atoms with Crippen LogP contribution < -0.4 is 5.32 Å². The van der Waals surface area contributed by atoms with Crippen LogP contribution in [0.15, 0.2) is 0 Å². The molecular weight excluding hydrogens is 214 g/mol. The van der Waals surface area contributed by atoms with Crippen molar-refractivity contribution in [1.82, 2.24) is 5.32 Å². The summed E-state index contributed by atoms with van der Waals surface area (Å²) in [6.07, 6.45) is 4.62. The van der Waals surface area contributed by atoms with Gasteiger partial charge < -0.3 is 10.1 Å². The van der Waals surface area contributed by atoms with Gasteiger partial charge in [-0.2, -0.15) is 0 Å². The maximum absolute atomic E-state index is 11.5. The summed E-state index contributed by atoms with van der Waals surface area (Å²) in [5.41, 5.74) is -0.0536. The fraction of sp³-hybridized carbons (Fsp3) is 0.929. The molecule has 0 saturated heterocycles. The quantitative estimate of drug-likeness (QED) is 0.631. The third-order valence-corrected chi connectivity index (χ3v) is 2.99. The number of unbranched alkanes of at least 4 members (excludes halogenated alkanes) is 1. The zero-order valence-corrected chi connectivity index (χ0v) is 12.1. The Morgan fingerprint density at radius 2 is 1.94 bits per heavy atom. The van der Waals surface area contributed by atoms with E-state index in [4.69, 9.17) is 4.74 Å². The van der Waals surface area contributed by atoms with Gasteiger partial charge >= 0.3 is 0 Å². The Kier molecular flexibility index (Phi) is 8.23. The number of carbonyl (C=O) groups excluding carboxylic acids is 1. The number of ether oxygens (including phenoxy) is 1. The molecule has 1 atom stereocenters. The lowest BCUT2D eigenvalue weighted by Gasteiger charge is -2.24. The number of hydrogen-bond donors (Lipinski definition) is 1. The fourth-order valence-electron chi connectivity index (χ4n) is 1.75. The molecule has 0 bridgehead atoms. The Morgan fingerprint density at radius 1 is 1.29 bits per heavy atom. The number of nitrogens with one attached hydrogen (secondary N) is 1. The molecule has 0 aliphatic heterocycles. The van der Waals surface area contributed by atoms with E-state index < -0.39 is 0 Å². The van der Waals surface area contributed by atoms with Gasteiger partial charge in [-0.1, -0.05) is 13.3 Å². The summed E-state index contributed by atoms with van der Waals surface area (Å²) in [5.74, 6) is 0.175. The molecule has 0 heterocycles. The minimum Gasteiger partial charge on any atom is -0.376 e. The second-order valence-electron chi connectivity index (χ2n) is 5.28. The van der Waals surface area contributed by atoms with E-state index in [0.717, 1.165) is 32.3 Å². The molecule has 0 aliphatic carbocycles. The first-order chi connectivity index (χ1) is 7.91. The average molecular weight is 243 g/mol. The first kappa shape index (κ1) is 16.4. The van der Waals surface area contributed by atoms with Crippen LogP contribution in [0, 0.1) is 0 Å². The first-order valence-electron chi connectivity index (χ1n) is 6.84. The lowest BCUT2D eigenvalue weighted by Crippen LogP contribution is -2.31. The molecule has 1 amide bonds. The standard InChI is InChI=1S/C14H29NO2/c1-6-12(3)15-13(16)10-8-9-11-14(4,5)17-7-2/h12H,6-11H2,1-5H3,(H,15,16). The van der Waals surface area contributed by atoms with Gasteiger partial charge in [0.05, 0.1) is 5.60 Å². The van der Waals surface area contributed by atoms with Crippen LogP contribution in [0.25, 0.3) is 0 Å². The van der Waals surface area contributed by atoms with Crippen molar-refractivity contribution in [2.45, 2.75) is 78.4 Å². The van der Waals surface area contributed by atoms with E-state index in [0.29, 0.717) is 12.5 Å². The third-order valence-electron chi connectivity index (χ3n) is 2.99. The molecule has 0 aromatic heterocycles. The maximum atomic E-state index is 11.5. The summed E-state index contributed by atoms with van der Waals surface area (Å²) in [6, 6.07) is 0.294. The predicted molar refractivity (Wildman–Crippen MR) is 72.1 cm³/mol. The molecule has 0 aliphatic rings. The van der Waals surface area contributed by atoms with Crippen LogP contribution in [0.3, 0.4) is 0 Å². The zero-order chi connectivity index (χ0) is 13.3. The molecule has 17 heavy (non-hydrogen) atoms. The topological polar surface area (TPSA) is 38.3 Å². The van der Waals surface area contributed by atoms with E-state index in [-0.39, 0.29) is 11.5 Å². The number of amides is 1. The van der Waals surface area contributed by atoms with Crippen molar-refractivity contribution in [3.63, 3.8) is 0 Å². The molecule has 102 valence electrons. The molecule has 0 spiro atoms. The maximum Gasteiger partial charge on any atom is 0.220 e. The normalized spacial score (nSPS) is 13.5. The summed E-state index contributed by atoms with van der Waals surface area (Å²) < 4.78 is 5.62. The van der Waals surface area contributed by atoms with Crippen molar-refractivity contribution in [2.75, 3.05) is 6.61 Å². The summed E-state index contributed by atoms with van der Waals surface area (Å²) in [5, 5.41) is 2.98. The van der Waals surface area contributed by atoms with Crippen molar-refractivity contribution in [2.24, 2.45) is 0 Å². The van der Waals surface area contributed by atoms with Gasteiger partial charge in [0.15, 0.2) is 0 Å². The van der Waals surface area contributed by atoms with Crippen LogP contribution in [-0.2, 0) is 9.53 Å². The lowest BCUT2D eigenvalue weighted by atomic mass is 10.00. The third kappa shape index (κ3) is 9.16. The second-order valence-corrected chi connectivity index (χ2v) is 5.28. The monoisotopic (exact) mass is 243 g/mol. The lowest BCUT2D eigenvalue weighted by molar-refractivity contribution is -0.121. The number of hydrogen-bond acceptors (Lipinski definition) is 2. The molecule has 0 rings (SSSR count). The smallest absolute Gasteiger partial charge is 0.220 e. The summed E-state index contributed by atoms with van der Waals surface area (Å²) >= 11 is 0. The Labute approximate surface area is 106 Å². The molecule has 1 unspecified atom stereocenters. The van der Waals surface area contributed by atoms with Crippen LogP contribution in [0.2, 0.25) is 0 Å². The number of carbonyl (C=O) groups is 1. The highest BCUT2D eigenvalue weighted by atomic mass is 16.5. The zero-order valence-electron chi connectivity index (χ0n) is 12.1. The highest BCUT2D eigenvalue weighted by Gasteiger charge is 2.16. The van der Waals surface area contributed by atoms with Crippen molar-refractivity contribution in [3.8, 4) is 0 Å². The molecular formula is C14H29NO2. The molecule has 0 radical (unpaired) electrons. The SMILES string of the molecule is CCOC(C)(C)CCCCC(=O)NC(C)CC. The predicted octanol–water partition coefficient (Wildman–Crippen LogP) is 3.28. The van der Waals surface area contributed by atoms with Gasteiger partial charge in [0.25, 0.3) is 0 Å². The molecule has 3 nitrogen and oxygen atoms in total. The van der Waals surface area contributed by atoms with Gasteiger partial charge in [-0.15, -0.1) is 0 Å². The van der Waals surface area contributed by atoms with E-state index in [9.17, 15) is 4.79 Å². The van der Waals surface area contributed by atoms with Crippen molar-refractivity contribution in [3.05, 3.63) is 0 Å². The van der Waals surface area contributed by atoms with E-state index in [1.165, 1.54) is 0 Å². The van der Waals surface area contributed by atoms with E-state index in [2.05, 4.69) is 26.1 Å². The van der Waals surface area contributed by atoms with Crippen LogP contribution in [-0.4, -0.2) is 24.2 Å². The van der Waals surface area contributed by atoms with E-state index in [1.807, 2.05) is 13.8 Å². The van der Waals surface area contributed by atoms with Gasteiger partial charge in [0, 0.05) is 19.1 Å². The highest BCUT2D eigenvalue weighted by molar-refractivity contribution is 5.76. The van der Waals surface area contributed by atoms with Crippen molar-refractivity contribution < 1.29 is 9.53 Å². The largest absolute Gasteiger partial charge is 0.376 e. The Bertz CT molecular complexity index is 214. The van der Waals surface area contributed by atoms with Crippen molar-refractivity contribution >= 4 is 5.91 Å². The van der Waals surface area contributed by atoms with Crippen LogP contribution in [0.4, 0.5) is 0 Å². The van der Waals surface area contributed by atoms with Crippen LogP contribution in [0.5, 0.6) is 0 Å². The van der Waals surface area contributed by atoms with Crippen LogP contribution in [0.1, 0.15) is 66.7 Å². The van der Waals surface area contributed by atoms with E-state index >= 15 is 0 Å². The summed E-state index contributed by atoms with van der Waals surface area (Å²) in [6.45, 7) is 11.1. The fourth-order valence-corrected chi connectivity index (χ4v) is 1.75.